The molecule has 62 heavy (non-hydrogen) atoms. The van der Waals surface area contributed by atoms with Crippen LogP contribution in [0.2, 0.25) is 0 Å². The normalized spacial score (nSPS) is 11.5. The molecule has 0 unspecified atom stereocenters. The van der Waals surface area contributed by atoms with Crippen molar-refractivity contribution >= 4 is 53.3 Å². The van der Waals surface area contributed by atoms with Crippen LogP contribution in [-0.4, -0.2) is 4.57 Å². The topological polar surface area (TPSA) is 4.93 Å². The minimum absolute atomic E-state index is 1.12. The van der Waals surface area contributed by atoms with E-state index in [4.69, 9.17) is 0 Å². The zero-order valence-corrected chi connectivity index (χ0v) is 34.7. The van der Waals surface area contributed by atoms with Gasteiger partial charge in [-0.15, -0.1) is 11.3 Å². The molecular formula is C60H39NS. The molecule has 0 radical (unpaired) electrons. The molecule has 2 heteroatoms. The van der Waals surface area contributed by atoms with Crippen molar-refractivity contribution in [3.8, 4) is 72.4 Å². The van der Waals surface area contributed by atoms with Gasteiger partial charge in [0.2, 0.25) is 0 Å². The monoisotopic (exact) mass is 805 g/mol. The number of benzene rings is 10. The fourth-order valence-electron chi connectivity index (χ4n) is 9.72. The van der Waals surface area contributed by atoms with Crippen LogP contribution >= 0.6 is 11.3 Å². The van der Waals surface area contributed by atoms with E-state index in [-0.39, 0.29) is 0 Å². The fraction of sp³-hybridized carbons (Fsp3) is 0. The maximum atomic E-state index is 2.53. The summed E-state index contributed by atoms with van der Waals surface area (Å²) >= 11 is 1.88. The first-order valence-electron chi connectivity index (χ1n) is 21.3. The van der Waals surface area contributed by atoms with Crippen molar-refractivity contribution in [3.63, 3.8) is 0 Å². The van der Waals surface area contributed by atoms with Gasteiger partial charge in [0.05, 0.1) is 11.0 Å². The first-order chi connectivity index (χ1) is 30.8. The van der Waals surface area contributed by atoms with E-state index in [9.17, 15) is 0 Å². The van der Waals surface area contributed by atoms with Gasteiger partial charge in [-0.05, 0) is 80.4 Å². The number of aromatic nitrogens is 1. The van der Waals surface area contributed by atoms with E-state index in [1.54, 1.807) is 0 Å². The Morgan fingerprint density at radius 3 is 1.45 bits per heavy atom. The van der Waals surface area contributed by atoms with Gasteiger partial charge in [-0.25, -0.2) is 0 Å². The van der Waals surface area contributed by atoms with Crippen LogP contribution in [0.25, 0.3) is 114 Å². The Balaban J connectivity index is 1.17. The Kier molecular flexibility index (Phi) is 8.76. The molecule has 0 N–H and O–H groups in total. The average molecular weight is 806 g/mol. The molecule has 0 fully saturated rings. The highest BCUT2D eigenvalue weighted by Gasteiger charge is 2.29. The lowest BCUT2D eigenvalue weighted by molar-refractivity contribution is 1.18. The van der Waals surface area contributed by atoms with Crippen LogP contribution in [0.3, 0.4) is 0 Å². The molecule has 0 bridgehead atoms. The molecule has 12 rings (SSSR count). The van der Waals surface area contributed by atoms with E-state index in [0.717, 1.165) is 5.69 Å². The van der Waals surface area contributed by atoms with Gasteiger partial charge in [0.15, 0.2) is 0 Å². The Morgan fingerprint density at radius 1 is 0.306 bits per heavy atom. The smallest absolute Gasteiger partial charge is 0.0632 e. The maximum Gasteiger partial charge on any atom is 0.0632 e. The standard InChI is InChI=1S/C60H39NS/c1-5-20-40(21-6-1)54-55(41-22-7-2-8-23-41)57(43-26-11-4-12-27-43)59-58(56(54)42-24-9-3-10-25-42)51-33-13-15-36-52(51)61(59)47-31-18-29-45(39-47)44-28-17-30-46(38-44)48-34-19-35-50-49-32-14-16-37-53(49)62-60(48)50/h1-39H. The van der Waals surface area contributed by atoms with Gasteiger partial charge in [-0.3, -0.25) is 0 Å². The number of rotatable bonds is 7. The summed E-state index contributed by atoms with van der Waals surface area (Å²) in [6.07, 6.45) is 0. The molecule has 0 aliphatic rings. The molecule has 1 nitrogen and oxygen atoms in total. The molecule has 0 aliphatic heterocycles. The Morgan fingerprint density at radius 2 is 0.774 bits per heavy atom. The van der Waals surface area contributed by atoms with E-state index in [2.05, 4.69) is 241 Å². The molecule has 0 saturated heterocycles. The first kappa shape index (κ1) is 36.1. The number of para-hydroxylation sites is 1. The van der Waals surface area contributed by atoms with E-state index in [1.165, 1.54) is 109 Å². The third kappa shape index (κ3) is 5.91. The second-order valence-corrected chi connectivity index (χ2v) is 17.0. The third-order valence-corrected chi connectivity index (χ3v) is 13.6. The predicted octanol–water partition coefficient (Wildman–Crippen LogP) is 17.2. The summed E-state index contributed by atoms with van der Waals surface area (Å²) in [5.41, 5.74) is 18.0. The minimum Gasteiger partial charge on any atom is -0.309 e. The van der Waals surface area contributed by atoms with E-state index in [0.29, 0.717) is 0 Å². The van der Waals surface area contributed by atoms with Crippen LogP contribution in [0.5, 0.6) is 0 Å². The summed E-state index contributed by atoms with van der Waals surface area (Å²) in [6.45, 7) is 0. The van der Waals surface area contributed by atoms with Crippen LogP contribution in [0.15, 0.2) is 237 Å². The van der Waals surface area contributed by atoms with Crippen LogP contribution < -0.4 is 0 Å². The largest absolute Gasteiger partial charge is 0.309 e. The Bertz CT molecular complexity index is 3600. The van der Waals surface area contributed by atoms with Crippen LogP contribution in [0.4, 0.5) is 0 Å². The van der Waals surface area contributed by atoms with Crippen molar-refractivity contribution in [3.05, 3.63) is 237 Å². The van der Waals surface area contributed by atoms with E-state index >= 15 is 0 Å². The summed E-state index contributed by atoms with van der Waals surface area (Å²) in [4.78, 5) is 0. The minimum atomic E-state index is 1.12. The Labute approximate surface area is 365 Å². The second-order valence-electron chi connectivity index (χ2n) is 16.0. The molecule has 2 heterocycles. The highest BCUT2D eigenvalue weighted by atomic mass is 32.1. The second kappa shape index (κ2) is 15.0. The first-order valence-corrected chi connectivity index (χ1v) is 22.1. The molecule has 10 aromatic carbocycles. The maximum absolute atomic E-state index is 2.53. The summed E-state index contributed by atoms with van der Waals surface area (Å²) in [6, 6.07) is 86.7. The highest BCUT2D eigenvalue weighted by Crippen LogP contribution is 2.54. The quantitative estimate of drug-likeness (QED) is 0.151. The van der Waals surface area contributed by atoms with Crippen molar-refractivity contribution in [2.24, 2.45) is 0 Å². The fourth-order valence-corrected chi connectivity index (χ4v) is 11.0. The highest BCUT2D eigenvalue weighted by molar-refractivity contribution is 7.26. The average Bonchev–Trinajstić information content (AvgIpc) is 3.91. The lowest BCUT2D eigenvalue weighted by Crippen LogP contribution is -2.01. The SMILES string of the molecule is c1ccc(-c2c(-c3ccccc3)c(-c3ccccc3)c3c(c2-c2ccccc2)c2ccccc2n3-c2cccc(-c3cccc(-c4cccc5c4sc4ccccc45)c3)c2)cc1. The summed E-state index contributed by atoms with van der Waals surface area (Å²) in [7, 11) is 0. The molecule has 12 aromatic rings. The van der Waals surface area contributed by atoms with Crippen molar-refractivity contribution in [2.75, 3.05) is 0 Å². The van der Waals surface area contributed by atoms with Crippen LogP contribution in [-0.2, 0) is 0 Å². The van der Waals surface area contributed by atoms with Crippen LogP contribution in [0, 0.1) is 0 Å². The lowest BCUT2D eigenvalue weighted by Gasteiger charge is -2.24. The van der Waals surface area contributed by atoms with Crippen LogP contribution in [0.1, 0.15) is 0 Å². The summed E-state index contributed by atoms with van der Waals surface area (Å²) in [5, 5.41) is 5.10. The Hall–Kier alpha value is -7.78. The van der Waals surface area contributed by atoms with Gasteiger partial charge < -0.3 is 4.57 Å². The van der Waals surface area contributed by atoms with Gasteiger partial charge in [0, 0.05) is 53.3 Å². The molecule has 0 atom stereocenters. The predicted molar refractivity (Wildman–Crippen MR) is 266 cm³/mol. The lowest BCUT2D eigenvalue weighted by atomic mass is 9.80. The molecular weight excluding hydrogens is 767 g/mol. The zero-order chi connectivity index (χ0) is 41.0. The van der Waals surface area contributed by atoms with Crippen molar-refractivity contribution in [1.82, 2.24) is 4.57 Å². The molecule has 0 aliphatic carbocycles. The summed E-state index contributed by atoms with van der Waals surface area (Å²) < 4.78 is 5.18. The van der Waals surface area contributed by atoms with E-state index < -0.39 is 0 Å². The number of nitrogens with zero attached hydrogens (tertiary/aromatic N) is 1. The van der Waals surface area contributed by atoms with Gasteiger partial charge in [-0.1, -0.05) is 206 Å². The number of hydrogen-bond donors (Lipinski definition) is 0. The van der Waals surface area contributed by atoms with Crippen molar-refractivity contribution in [1.29, 1.82) is 0 Å². The number of thiophene rings is 1. The molecule has 0 amide bonds. The van der Waals surface area contributed by atoms with Crippen molar-refractivity contribution < 1.29 is 0 Å². The molecule has 0 saturated carbocycles. The third-order valence-electron chi connectivity index (χ3n) is 12.4. The molecule has 0 spiro atoms. The van der Waals surface area contributed by atoms with Crippen molar-refractivity contribution in [2.45, 2.75) is 0 Å². The van der Waals surface area contributed by atoms with Gasteiger partial charge in [0.1, 0.15) is 0 Å². The van der Waals surface area contributed by atoms with E-state index in [1.807, 2.05) is 11.3 Å². The molecule has 290 valence electrons. The van der Waals surface area contributed by atoms with Gasteiger partial charge in [0.25, 0.3) is 0 Å². The van der Waals surface area contributed by atoms with Gasteiger partial charge in [-0.2, -0.15) is 0 Å². The van der Waals surface area contributed by atoms with Gasteiger partial charge >= 0.3 is 0 Å². The zero-order valence-electron chi connectivity index (χ0n) is 33.9. The number of hydrogen-bond acceptors (Lipinski definition) is 1. The summed E-state index contributed by atoms with van der Waals surface area (Å²) in [5.74, 6) is 0. The number of fused-ring (bicyclic) bond motifs is 6. The molecule has 2 aromatic heterocycles.